The van der Waals surface area contributed by atoms with Crippen LogP contribution in [0.4, 0.5) is 0 Å². The minimum absolute atomic E-state index is 0.0534. The zero-order valence-corrected chi connectivity index (χ0v) is 16.1. The second-order valence-electron chi connectivity index (χ2n) is 6.65. The van der Waals surface area contributed by atoms with E-state index in [1.165, 1.54) is 0 Å². The molecule has 0 saturated heterocycles. The molecule has 0 radical (unpaired) electrons. The molecule has 6 nitrogen and oxygen atoms in total. The molecule has 1 heterocycles. The minimum atomic E-state index is -0.705. The van der Waals surface area contributed by atoms with Crippen LogP contribution in [-0.2, 0) is 23.8 Å². The number of methoxy groups -OCH3 is 2. The van der Waals surface area contributed by atoms with Crippen molar-refractivity contribution in [2.45, 2.75) is 39.7 Å². The van der Waals surface area contributed by atoms with Crippen LogP contribution in [0.3, 0.4) is 0 Å². The van der Waals surface area contributed by atoms with Crippen molar-refractivity contribution in [3.63, 3.8) is 0 Å². The molecular formula is C19H27N3O3. The summed E-state index contributed by atoms with van der Waals surface area (Å²) in [5.41, 5.74) is 3.20. The van der Waals surface area contributed by atoms with Gasteiger partial charge in [-0.2, -0.15) is 5.10 Å². The number of ether oxygens (including phenoxy) is 2. The number of carbonyl (C=O) groups is 1. The van der Waals surface area contributed by atoms with Gasteiger partial charge in [0.05, 0.1) is 25.3 Å². The van der Waals surface area contributed by atoms with Crippen LogP contribution in [0.2, 0.25) is 0 Å². The summed E-state index contributed by atoms with van der Waals surface area (Å²) in [4.78, 5) is 12.8. The summed E-state index contributed by atoms with van der Waals surface area (Å²) < 4.78 is 12.4. The Morgan fingerprint density at radius 1 is 1.20 bits per heavy atom. The number of aromatic nitrogens is 2. The molecule has 6 heteroatoms. The first-order valence-corrected chi connectivity index (χ1v) is 8.22. The van der Waals surface area contributed by atoms with E-state index in [-0.39, 0.29) is 5.91 Å². The van der Waals surface area contributed by atoms with E-state index < -0.39 is 5.41 Å². The Hall–Kier alpha value is -2.50. The van der Waals surface area contributed by atoms with Gasteiger partial charge in [0, 0.05) is 24.8 Å². The van der Waals surface area contributed by atoms with Crippen molar-refractivity contribution in [3.8, 4) is 11.5 Å². The van der Waals surface area contributed by atoms with Crippen molar-refractivity contribution >= 4 is 5.91 Å². The lowest BCUT2D eigenvalue weighted by Gasteiger charge is -2.25. The van der Waals surface area contributed by atoms with E-state index in [0.717, 1.165) is 22.5 Å². The van der Waals surface area contributed by atoms with Crippen molar-refractivity contribution in [3.05, 3.63) is 40.7 Å². The fourth-order valence-corrected chi connectivity index (χ4v) is 2.82. The van der Waals surface area contributed by atoms with Gasteiger partial charge in [-0.1, -0.05) is 6.07 Å². The van der Waals surface area contributed by atoms with Crippen LogP contribution in [0.1, 0.15) is 36.4 Å². The molecule has 0 spiro atoms. The minimum Gasteiger partial charge on any atom is -0.493 e. The molecule has 1 aromatic carbocycles. The van der Waals surface area contributed by atoms with Gasteiger partial charge in [0.25, 0.3) is 0 Å². The summed E-state index contributed by atoms with van der Waals surface area (Å²) in [5.74, 6) is 1.20. The highest BCUT2D eigenvalue weighted by molar-refractivity contribution is 5.87. The molecule has 0 saturated carbocycles. The molecule has 0 aliphatic rings. The summed E-state index contributed by atoms with van der Waals surface area (Å²) in [7, 11) is 5.08. The second-order valence-corrected chi connectivity index (χ2v) is 6.65. The molecule has 136 valence electrons. The molecule has 0 aliphatic carbocycles. The molecule has 0 unspecified atom stereocenters. The Kier molecular flexibility index (Phi) is 5.40. The zero-order chi connectivity index (χ0) is 18.8. The summed E-state index contributed by atoms with van der Waals surface area (Å²) in [6.07, 6.45) is 0. The third kappa shape index (κ3) is 3.62. The number of hydrogen-bond donors (Lipinski definition) is 1. The molecule has 25 heavy (non-hydrogen) atoms. The summed E-state index contributed by atoms with van der Waals surface area (Å²) in [6, 6.07) is 5.55. The normalized spacial score (nSPS) is 11.3. The quantitative estimate of drug-likeness (QED) is 0.874. The van der Waals surface area contributed by atoms with Gasteiger partial charge in [0.1, 0.15) is 0 Å². The highest BCUT2D eigenvalue weighted by atomic mass is 16.5. The number of carbonyl (C=O) groups excluding carboxylic acids is 1. The van der Waals surface area contributed by atoms with Gasteiger partial charge in [-0.25, -0.2) is 0 Å². The Morgan fingerprint density at radius 3 is 2.36 bits per heavy atom. The lowest BCUT2D eigenvalue weighted by Crippen LogP contribution is -2.39. The molecular weight excluding hydrogens is 318 g/mol. The first-order valence-electron chi connectivity index (χ1n) is 8.22. The van der Waals surface area contributed by atoms with Crippen LogP contribution < -0.4 is 14.8 Å². The van der Waals surface area contributed by atoms with Crippen LogP contribution in [0.15, 0.2) is 18.2 Å². The smallest absolute Gasteiger partial charge is 0.230 e. The molecule has 0 bridgehead atoms. The molecule has 0 aliphatic heterocycles. The number of rotatable bonds is 6. The van der Waals surface area contributed by atoms with Crippen LogP contribution in [0.5, 0.6) is 11.5 Å². The Bertz CT molecular complexity index is 778. The number of nitrogens with zero attached hydrogens (tertiary/aromatic N) is 2. The predicted molar refractivity (Wildman–Crippen MR) is 97.1 cm³/mol. The third-order valence-electron chi connectivity index (χ3n) is 4.76. The first-order chi connectivity index (χ1) is 11.7. The van der Waals surface area contributed by atoms with Gasteiger partial charge in [0.2, 0.25) is 5.91 Å². The fourth-order valence-electron chi connectivity index (χ4n) is 2.82. The van der Waals surface area contributed by atoms with E-state index in [0.29, 0.717) is 18.0 Å². The molecule has 1 amide bonds. The number of amides is 1. The van der Waals surface area contributed by atoms with E-state index in [9.17, 15) is 4.79 Å². The maximum Gasteiger partial charge on any atom is 0.230 e. The lowest BCUT2D eigenvalue weighted by molar-refractivity contribution is -0.125. The second kappa shape index (κ2) is 7.17. The predicted octanol–water partition coefficient (Wildman–Crippen LogP) is 2.65. The third-order valence-corrected chi connectivity index (χ3v) is 4.76. The van der Waals surface area contributed by atoms with Crippen molar-refractivity contribution in [2.24, 2.45) is 7.05 Å². The molecule has 0 fully saturated rings. The average Bonchev–Trinajstić information content (AvgIpc) is 2.84. The first kappa shape index (κ1) is 18.8. The largest absolute Gasteiger partial charge is 0.493 e. The van der Waals surface area contributed by atoms with Crippen LogP contribution in [0, 0.1) is 13.8 Å². The molecule has 2 rings (SSSR count). The van der Waals surface area contributed by atoms with Crippen molar-refractivity contribution in [1.29, 1.82) is 0 Å². The molecule has 2 aromatic rings. The highest BCUT2D eigenvalue weighted by Gasteiger charge is 2.31. The van der Waals surface area contributed by atoms with Gasteiger partial charge in [-0.15, -0.1) is 0 Å². The number of hydrogen-bond acceptors (Lipinski definition) is 4. The van der Waals surface area contributed by atoms with Gasteiger partial charge in [0.15, 0.2) is 11.5 Å². The van der Waals surface area contributed by atoms with Gasteiger partial charge < -0.3 is 14.8 Å². The summed E-state index contributed by atoms with van der Waals surface area (Å²) in [6.45, 7) is 8.20. The summed E-state index contributed by atoms with van der Waals surface area (Å²) >= 11 is 0. The SMILES string of the molecule is COc1ccc(C(C)(C)C(=O)NCc2c(C)nn(C)c2C)cc1OC. The maximum atomic E-state index is 12.8. The highest BCUT2D eigenvalue weighted by Crippen LogP contribution is 2.33. The Labute approximate surface area is 149 Å². The topological polar surface area (TPSA) is 65.4 Å². The number of aryl methyl sites for hydroxylation is 2. The Balaban J connectivity index is 2.19. The monoisotopic (exact) mass is 345 g/mol. The van der Waals surface area contributed by atoms with Crippen LogP contribution in [0.25, 0.3) is 0 Å². The van der Waals surface area contributed by atoms with Gasteiger partial charge in [-0.3, -0.25) is 9.48 Å². The van der Waals surface area contributed by atoms with E-state index in [1.54, 1.807) is 14.2 Å². The van der Waals surface area contributed by atoms with Crippen molar-refractivity contribution < 1.29 is 14.3 Å². The van der Waals surface area contributed by atoms with E-state index >= 15 is 0 Å². The lowest BCUT2D eigenvalue weighted by atomic mass is 9.83. The van der Waals surface area contributed by atoms with Crippen molar-refractivity contribution in [1.82, 2.24) is 15.1 Å². The van der Waals surface area contributed by atoms with Gasteiger partial charge in [-0.05, 0) is 45.4 Å². The molecule has 1 N–H and O–H groups in total. The van der Waals surface area contributed by atoms with Gasteiger partial charge >= 0.3 is 0 Å². The average molecular weight is 345 g/mol. The molecule has 1 aromatic heterocycles. The standard InChI is InChI=1S/C19H27N3O3/c1-12-15(13(2)22(5)21-12)11-20-18(23)19(3,4)14-8-9-16(24-6)17(10-14)25-7/h8-10H,11H2,1-7H3,(H,20,23). The number of benzene rings is 1. The van der Waals surface area contributed by atoms with E-state index in [1.807, 2.05) is 57.6 Å². The number of nitrogens with one attached hydrogen (secondary N) is 1. The Morgan fingerprint density at radius 2 is 1.84 bits per heavy atom. The van der Waals surface area contributed by atoms with E-state index in [4.69, 9.17) is 9.47 Å². The summed E-state index contributed by atoms with van der Waals surface area (Å²) in [5, 5.41) is 7.42. The molecule has 0 atom stereocenters. The van der Waals surface area contributed by atoms with E-state index in [2.05, 4.69) is 10.4 Å². The zero-order valence-electron chi connectivity index (χ0n) is 16.1. The van der Waals surface area contributed by atoms with Crippen LogP contribution >= 0.6 is 0 Å². The van der Waals surface area contributed by atoms with Crippen molar-refractivity contribution in [2.75, 3.05) is 14.2 Å². The van der Waals surface area contributed by atoms with Crippen LogP contribution in [-0.4, -0.2) is 29.9 Å². The fraction of sp³-hybridized carbons (Fsp3) is 0.474. The maximum absolute atomic E-state index is 12.8.